The minimum absolute atomic E-state index is 0.102. The van der Waals surface area contributed by atoms with Gasteiger partial charge in [-0.25, -0.2) is 0 Å². The van der Waals surface area contributed by atoms with E-state index in [0.29, 0.717) is 0 Å². The summed E-state index contributed by atoms with van der Waals surface area (Å²) in [5.74, 6) is 0. The van der Waals surface area contributed by atoms with Crippen molar-refractivity contribution >= 4 is 23.4 Å². The van der Waals surface area contributed by atoms with E-state index in [9.17, 15) is 0 Å². The molecule has 1 saturated carbocycles. The molecule has 0 spiro atoms. The number of hydrogen-bond donors (Lipinski definition) is 1. The Kier molecular flexibility index (Phi) is 2.78. The van der Waals surface area contributed by atoms with E-state index in [2.05, 4.69) is 12.3 Å². The molecule has 0 aliphatic heterocycles. The summed E-state index contributed by atoms with van der Waals surface area (Å²) in [7, 11) is 0. The van der Waals surface area contributed by atoms with Crippen molar-refractivity contribution in [3.05, 3.63) is 28.8 Å². The number of halogens is 1. The lowest BCUT2D eigenvalue weighted by Crippen LogP contribution is -2.43. The van der Waals surface area contributed by atoms with Gasteiger partial charge in [0.1, 0.15) is 0 Å². The Bertz CT molecular complexity index is 347. The van der Waals surface area contributed by atoms with Gasteiger partial charge in [-0.15, -0.1) is 11.8 Å². The lowest BCUT2D eigenvalue weighted by atomic mass is 9.73. The van der Waals surface area contributed by atoms with E-state index in [1.165, 1.54) is 16.9 Å². The Labute approximate surface area is 94.0 Å². The highest BCUT2D eigenvalue weighted by Gasteiger charge is 2.34. The van der Waals surface area contributed by atoms with Crippen LogP contribution in [0.4, 0.5) is 0 Å². The van der Waals surface area contributed by atoms with Crippen LogP contribution in [0.15, 0.2) is 23.1 Å². The van der Waals surface area contributed by atoms with E-state index in [1.807, 2.05) is 12.1 Å². The maximum atomic E-state index is 6.25. The molecule has 0 atom stereocenters. The first-order valence-electron chi connectivity index (χ1n) is 4.78. The van der Waals surface area contributed by atoms with Crippen LogP contribution in [0.2, 0.25) is 5.02 Å². The Morgan fingerprint density at radius 1 is 1.36 bits per heavy atom. The Balaban J connectivity index is 2.37. The molecule has 0 radical (unpaired) electrons. The third-order valence-corrected chi connectivity index (χ3v) is 3.85. The highest BCUT2D eigenvalue weighted by Crippen LogP contribution is 2.40. The number of hydrogen-bond acceptors (Lipinski definition) is 2. The van der Waals surface area contributed by atoms with Crippen molar-refractivity contribution in [1.82, 2.24) is 0 Å². The van der Waals surface area contributed by atoms with Crippen molar-refractivity contribution in [2.75, 3.05) is 6.26 Å². The summed E-state index contributed by atoms with van der Waals surface area (Å²) in [5.41, 5.74) is 7.34. The molecule has 1 aromatic carbocycles. The van der Waals surface area contributed by atoms with Gasteiger partial charge in [-0.1, -0.05) is 11.6 Å². The van der Waals surface area contributed by atoms with E-state index in [0.717, 1.165) is 17.9 Å². The first kappa shape index (κ1) is 10.3. The molecule has 0 bridgehead atoms. The SMILES string of the molecule is CSc1cc(Cl)cc(C2(N)CCC2)c1. The van der Waals surface area contributed by atoms with Crippen molar-refractivity contribution in [1.29, 1.82) is 0 Å². The second kappa shape index (κ2) is 3.76. The fourth-order valence-electron chi connectivity index (χ4n) is 1.81. The predicted octanol–water partition coefficient (Wildman–Crippen LogP) is 3.40. The highest BCUT2D eigenvalue weighted by molar-refractivity contribution is 7.98. The molecule has 2 N–H and O–H groups in total. The third-order valence-electron chi connectivity index (χ3n) is 2.93. The lowest BCUT2D eigenvalue weighted by Gasteiger charge is -2.38. The molecule has 2 rings (SSSR count). The average Bonchev–Trinajstić information content (AvgIpc) is 2.13. The largest absolute Gasteiger partial charge is 0.321 e. The van der Waals surface area contributed by atoms with Crippen LogP contribution in [0.5, 0.6) is 0 Å². The molecule has 0 amide bonds. The summed E-state index contributed by atoms with van der Waals surface area (Å²) >= 11 is 7.75. The summed E-state index contributed by atoms with van der Waals surface area (Å²) < 4.78 is 0. The van der Waals surface area contributed by atoms with Gasteiger partial charge in [0, 0.05) is 15.5 Å². The topological polar surface area (TPSA) is 26.0 Å². The van der Waals surface area contributed by atoms with Crippen molar-refractivity contribution in [3.63, 3.8) is 0 Å². The van der Waals surface area contributed by atoms with Crippen molar-refractivity contribution in [2.24, 2.45) is 5.73 Å². The number of rotatable bonds is 2. The van der Waals surface area contributed by atoms with Gasteiger partial charge in [-0.05, 0) is 49.3 Å². The average molecular weight is 228 g/mol. The van der Waals surface area contributed by atoms with E-state index in [-0.39, 0.29) is 5.54 Å². The van der Waals surface area contributed by atoms with Crippen LogP contribution in [0.25, 0.3) is 0 Å². The van der Waals surface area contributed by atoms with Gasteiger partial charge in [0.2, 0.25) is 0 Å². The predicted molar refractivity (Wildman–Crippen MR) is 62.9 cm³/mol. The van der Waals surface area contributed by atoms with Crippen molar-refractivity contribution in [2.45, 2.75) is 29.7 Å². The smallest absolute Gasteiger partial charge is 0.0420 e. The van der Waals surface area contributed by atoms with Crippen LogP contribution in [-0.4, -0.2) is 6.26 Å². The van der Waals surface area contributed by atoms with Gasteiger partial charge in [0.15, 0.2) is 0 Å². The number of benzene rings is 1. The molecular formula is C11H14ClNS. The minimum atomic E-state index is -0.102. The van der Waals surface area contributed by atoms with E-state index >= 15 is 0 Å². The summed E-state index contributed by atoms with van der Waals surface area (Å²) in [6.07, 6.45) is 5.46. The van der Waals surface area contributed by atoms with E-state index in [1.54, 1.807) is 11.8 Å². The van der Waals surface area contributed by atoms with Crippen molar-refractivity contribution < 1.29 is 0 Å². The first-order chi connectivity index (χ1) is 6.64. The van der Waals surface area contributed by atoms with Crippen molar-refractivity contribution in [3.8, 4) is 0 Å². The van der Waals surface area contributed by atoms with Gasteiger partial charge in [-0.3, -0.25) is 0 Å². The second-order valence-corrected chi connectivity index (χ2v) is 5.21. The molecule has 0 unspecified atom stereocenters. The standard InChI is InChI=1S/C11H14ClNS/c1-14-10-6-8(5-9(12)7-10)11(13)3-2-4-11/h5-7H,2-4,13H2,1H3. The van der Waals surface area contributed by atoms with Crippen LogP contribution >= 0.6 is 23.4 Å². The van der Waals surface area contributed by atoms with Gasteiger partial charge >= 0.3 is 0 Å². The second-order valence-electron chi connectivity index (χ2n) is 3.89. The quantitative estimate of drug-likeness (QED) is 0.784. The lowest BCUT2D eigenvalue weighted by molar-refractivity contribution is 0.253. The molecule has 3 heteroatoms. The Hall–Kier alpha value is -0.180. The molecule has 0 saturated heterocycles. The Morgan fingerprint density at radius 2 is 2.07 bits per heavy atom. The van der Waals surface area contributed by atoms with Gasteiger partial charge in [0.05, 0.1) is 0 Å². The van der Waals surface area contributed by atoms with Crippen LogP contribution in [0.1, 0.15) is 24.8 Å². The Morgan fingerprint density at radius 3 is 2.57 bits per heavy atom. The molecular weight excluding hydrogens is 214 g/mol. The third kappa shape index (κ3) is 1.79. The maximum absolute atomic E-state index is 6.25. The van der Waals surface area contributed by atoms with Gasteiger partial charge < -0.3 is 5.73 Å². The molecule has 1 aliphatic carbocycles. The zero-order valence-electron chi connectivity index (χ0n) is 8.22. The molecule has 14 heavy (non-hydrogen) atoms. The molecule has 1 nitrogen and oxygen atoms in total. The van der Waals surface area contributed by atoms with Crippen LogP contribution < -0.4 is 5.73 Å². The summed E-state index contributed by atoms with van der Waals surface area (Å²) in [6, 6.07) is 6.15. The zero-order chi connectivity index (χ0) is 10.2. The maximum Gasteiger partial charge on any atom is 0.0420 e. The molecule has 0 heterocycles. The fourth-order valence-corrected chi connectivity index (χ4v) is 2.60. The van der Waals surface area contributed by atoms with E-state index < -0.39 is 0 Å². The fraction of sp³-hybridized carbons (Fsp3) is 0.455. The van der Waals surface area contributed by atoms with Crippen LogP contribution in [0.3, 0.4) is 0 Å². The molecule has 1 aliphatic rings. The van der Waals surface area contributed by atoms with Gasteiger partial charge in [-0.2, -0.15) is 0 Å². The molecule has 76 valence electrons. The normalized spacial score (nSPS) is 19.1. The zero-order valence-corrected chi connectivity index (χ0v) is 9.79. The van der Waals surface area contributed by atoms with Crippen LogP contribution in [0, 0.1) is 0 Å². The van der Waals surface area contributed by atoms with Crippen LogP contribution in [-0.2, 0) is 5.54 Å². The first-order valence-corrected chi connectivity index (χ1v) is 6.38. The summed E-state index contributed by atoms with van der Waals surface area (Å²) in [6.45, 7) is 0. The summed E-state index contributed by atoms with van der Waals surface area (Å²) in [4.78, 5) is 1.20. The molecule has 0 aromatic heterocycles. The molecule has 1 aromatic rings. The van der Waals surface area contributed by atoms with E-state index in [4.69, 9.17) is 17.3 Å². The highest BCUT2D eigenvalue weighted by atomic mass is 35.5. The summed E-state index contributed by atoms with van der Waals surface area (Å²) in [5, 5.41) is 0.795. The number of thioether (sulfide) groups is 1. The minimum Gasteiger partial charge on any atom is -0.321 e. The molecule has 1 fully saturated rings. The number of nitrogens with two attached hydrogens (primary N) is 1. The van der Waals surface area contributed by atoms with Gasteiger partial charge in [0.25, 0.3) is 0 Å². The monoisotopic (exact) mass is 227 g/mol.